The normalized spacial score (nSPS) is 16.1. The molecule has 1 aliphatic heterocycles. The number of likely N-dealkylation sites (tertiary alicyclic amines) is 1. The van der Waals surface area contributed by atoms with Crippen molar-refractivity contribution in [1.82, 2.24) is 4.90 Å². The standard InChI is InChI=1S/C24H31NO6/c1-4-5-6-7-9-18-15(2)17-11-12-20(16(3)22(17)31-24(18)29)30-14-21(26)25-13-8-10-19(25)23(27)28/h11-12,19H,4-10,13-14H2,1-3H3,(H,27,28)/p-1/t19-/m0/s1. The Balaban J connectivity index is 1.77. The summed E-state index contributed by atoms with van der Waals surface area (Å²) in [5.74, 6) is -1.20. The molecule has 7 nitrogen and oxygen atoms in total. The van der Waals surface area contributed by atoms with Crippen LogP contribution < -0.4 is 15.5 Å². The summed E-state index contributed by atoms with van der Waals surface area (Å²) in [5.41, 5.74) is 2.41. The van der Waals surface area contributed by atoms with Gasteiger partial charge in [0.2, 0.25) is 0 Å². The average molecular weight is 429 g/mol. The fourth-order valence-electron chi connectivity index (χ4n) is 4.28. The summed E-state index contributed by atoms with van der Waals surface area (Å²) < 4.78 is 11.3. The molecule has 0 N–H and O–H groups in total. The lowest BCUT2D eigenvalue weighted by atomic mass is 9.99. The molecule has 1 fully saturated rings. The van der Waals surface area contributed by atoms with Gasteiger partial charge in [0.1, 0.15) is 11.3 Å². The van der Waals surface area contributed by atoms with Gasteiger partial charge in [0.05, 0.1) is 12.0 Å². The Morgan fingerprint density at radius 3 is 2.68 bits per heavy atom. The van der Waals surface area contributed by atoms with E-state index in [2.05, 4.69) is 6.92 Å². The van der Waals surface area contributed by atoms with Gasteiger partial charge in [-0.3, -0.25) is 4.79 Å². The van der Waals surface area contributed by atoms with Gasteiger partial charge in [-0.1, -0.05) is 26.2 Å². The minimum Gasteiger partial charge on any atom is -0.548 e. The van der Waals surface area contributed by atoms with Crippen LogP contribution in [-0.2, 0) is 16.0 Å². The molecule has 7 heteroatoms. The highest BCUT2D eigenvalue weighted by molar-refractivity contribution is 5.86. The second-order valence-electron chi connectivity index (χ2n) is 8.22. The van der Waals surface area contributed by atoms with Gasteiger partial charge < -0.3 is 24.0 Å². The van der Waals surface area contributed by atoms with Crippen molar-refractivity contribution in [3.05, 3.63) is 39.2 Å². The second kappa shape index (κ2) is 9.98. The van der Waals surface area contributed by atoms with Gasteiger partial charge in [-0.2, -0.15) is 0 Å². The first-order valence-electron chi connectivity index (χ1n) is 11.0. The molecule has 0 saturated carbocycles. The highest BCUT2D eigenvalue weighted by Crippen LogP contribution is 2.30. The number of aliphatic carboxylic acids is 1. The van der Waals surface area contributed by atoms with Gasteiger partial charge in [0, 0.05) is 23.1 Å². The van der Waals surface area contributed by atoms with Crippen LogP contribution in [0.1, 0.15) is 62.1 Å². The molecule has 3 rings (SSSR count). The van der Waals surface area contributed by atoms with E-state index in [0.717, 1.165) is 36.6 Å². The molecule has 2 heterocycles. The molecule has 0 bridgehead atoms. The van der Waals surface area contributed by atoms with Crippen LogP contribution in [0.25, 0.3) is 11.0 Å². The van der Waals surface area contributed by atoms with Crippen molar-refractivity contribution in [2.75, 3.05) is 13.2 Å². The SMILES string of the molecule is CCCCCCc1c(C)c2ccc(OCC(=O)N3CCC[C@H]3C(=O)[O-])c(C)c2oc1=O. The number of amides is 1. The summed E-state index contributed by atoms with van der Waals surface area (Å²) in [5, 5.41) is 12.1. The van der Waals surface area contributed by atoms with Crippen LogP contribution in [-0.4, -0.2) is 36.0 Å². The van der Waals surface area contributed by atoms with Gasteiger partial charge >= 0.3 is 5.63 Å². The molecule has 0 aliphatic carbocycles. The number of benzene rings is 1. The molecule has 0 spiro atoms. The van der Waals surface area contributed by atoms with E-state index >= 15 is 0 Å². The summed E-state index contributed by atoms with van der Waals surface area (Å²) in [6.07, 6.45) is 6.06. The van der Waals surface area contributed by atoms with E-state index in [4.69, 9.17) is 9.15 Å². The molecule has 1 aromatic carbocycles. The van der Waals surface area contributed by atoms with Crippen molar-refractivity contribution in [2.24, 2.45) is 0 Å². The molecule has 1 amide bonds. The minimum atomic E-state index is -1.24. The molecular weight excluding hydrogens is 398 g/mol. The van der Waals surface area contributed by atoms with E-state index in [-0.39, 0.29) is 12.2 Å². The number of rotatable bonds is 9. The van der Waals surface area contributed by atoms with Crippen LogP contribution in [0.2, 0.25) is 0 Å². The molecular formula is C24H30NO6-. The van der Waals surface area contributed by atoms with Crippen LogP contribution >= 0.6 is 0 Å². The van der Waals surface area contributed by atoms with Crippen LogP contribution in [0.15, 0.2) is 21.3 Å². The zero-order chi connectivity index (χ0) is 22.5. The number of hydrogen-bond acceptors (Lipinski definition) is 6. The van der Waals surface area contributed by atoms with E-state index in [0.29, 0.717) is 48.3 Å². The third-order valence-electron chi connectivity index (χ3n) is 6.13. The predicted octanol–water partition coefficient (Wildman–Crippen LogP) is 2.65. The molecule has 0 unspecified atom stereocenters. The Morgan fingerprint density at radius 1 is 1.19 bits per heavy atom. The number of aryl methyl sites for hydroxylation is 2. The summed E-state index contributed by atoms with van der Waals surface area (Å²) in [7, 11) is 0. The number of unbranched alkanes of at least 4 members (excludes halogenated alkanes) is 3. The summed E-state index contributed by atoms with van der Waals surface area (Å²) in [6, 6.07) is 2.71. The smallest absolute Gasteiger partial charge is 0.339 e. The lowest BCUT2D eigenvalue weighted by Gasteiger charge is -2.25. The maximum Gasteiger partial charge on any atom is 0.339 e. The molecule has 1 aromatic heterocycles. The zero-order valence-electron chi connectivity index (χ0n) is 18.5. The van der Waals surface area contributed by atoms with E-state index in [1.54, 1.807) is 13.0 Å². The monoisotopic (exact) mass is 428 g/mol. The van der Waals surface area contributed by atoms with Crippen LogP contribution in [0.3, 0.4) is 0 Å². The van der Waals surface area contributed by atoms with Gasteiger partial charge in [-0.05, 0) is 57.2 Å². The fraction of sp³-hybridized carbons (Fsp3) is 0.542. The number of carboxylic acids is 1. The first-order valence-corrected chi connectivity index (χ1v) is 11.0. The number of fused-ring (bicyclic) bond motifs is 1. The third kappa shape index (κ3) is 4.92. The van der Waals surface area contributed by atoms with Gasteiger partial charge in [-0.15, -0.1) is 0 Å². The Bertz CT molecular complexity index is 1020. The van der Waals surface area contributed by atoms with Crippen LogP contribution in [0.5, 0.6) is 5.75 Å². The number of hydrogen-bond donors (Lipinski definition) is 0. The van der Waals surface area contributed by atoms with Crippen molar-refractivity contribution < 1.29 is 23.8 Å². The molecule has 31 heavy (non-hydrogen) atoms. The zero-order valence-corrected chi connectivity index (χ0v) is 18.5. The highest BCUT2D eigenvalue weighted by atomic mass is 16.5. The third-order valence-corrected chi connectivity index (χ3v) is 6.13. The van der Waals surface area contributed by atoms with Gasteiger partial charge in [0.15, 0.2) is 6.61 Å². The summed E-state index contributed by atoms with van der Waals surface area (Å²) in [4.78, 5) is 37.5. The van der Waals surface area contributed by atoms with Crippen molar-refractivity contribution in [2.45, 2.75) is 71.8 Å². The van der Waals surface area contributed by atoms with Gasteiger partial charge in [0.25, 0.3) is 5.91 Å². The van der Waals surface area contributed by atoms with Crippen LogP contribution in [0.4, 0.5) is 0 Å². The molecule has 168 valence electrons. The maximum atomic E-state index is 12.6. The first kappa shape index (κ1) is 22.8. The number of nitrogens with zero attached hydrogens (tertiary/aromatic N) is 1. The largest absolute Gasteiger partial charge is 0.548 e. The Labute approximate surface area is 182 Å². The fourth-order valence-corrected chi connectivity index (χ4v) is 4.28. The first-order chi connectivity index (χ1) is 14.8. The Kier molecular flexibility index (Phi) is 7.36. The Morgan fingerprint density at radius 2 is 1.97 bits per heavy atom. The molecule has 1 atom stereocenters. The molecule has 1 aliphatic rings. The molecule has 2 aromatic rings. The molecule has 0 radical (unpaired) electrons. The Hall–Kier alpha value is -2.83. The molecule has 1 saturated heterocycles. The maximum absolute atomic E-state index is 12.6. The second-order valence-corrected chi connectivity index (χ2v) is 8.22. The summed E-state index contributed by atoms with van der Waals surface area (Å²) >= 11 is 0. The van der Waals surface area contributed by atoms with Crippen LogP contribution in [0, 0.1) is 13.8 Å². The highest BCUT2D eigenvalue weighted by Gasteiger charge is 2.29. The van der Waals surface area contributed by atoms with Crippen molar-refractivity contribution >= 4 is 22.8 Å². The van der Waals surface area contributed by atoms with Gasteiger partial charge in [-0.25, -0.2) is 4.79 Å². The summed E-state index contributed by atoms with van der Waals surface area (Å²) in [6.45, 7) is 5.97. The van der Waals surface area contributed by atoms with E-state index in [1.165, 1.54) is 4.90 Å². The van der Waals surface area contributed by atoms with Crippen molar-refractivity contribution in [1.29, 1.82) is 0 Å². The van der Waals surface area contributed by atoms with Crippen molar-refractivity contribution in [3.8, 4) is 5.75 Å². The quantitative estimate of drug-likeness (QED) is 0.450. The van der Waals surface area contributed by atoms with E-state index in [1.807, 2.05) is 13.0 Å². The lowest BCUT2D eigenvalue weighted by molar-refractivity contribution is -0.310. The lowest BCUT2D eigenvalue weighted by Crippen LogP contribution is -2.48. The van der Waals surface area contributed by atoms with E-state index < -0.39 is 17.9 Å². The van der Waals surface area contributed by atoms with Crippen molar-refractivity contribution in [3.63, 3.8) is 0 Å². The van der Waals surface area contributed by atoms with E-state index in [9.17, 15) is 19.5 Å². The average Bonchev–Trinajstić information content (AvgIpc) is 3.23. The minimum absolute atomic E-state index is 0.283. The topological polar surface area (TPSA) is 99.9 Å². The number of carboxylic acid groups (broad SMARTS) is 1. The number of carbonyl (C=O) groups is 2. The number of carbonyl (C=O) groups excluding carboxylic acids is 2. The predicted molar refractivity (Wildman–Crippen MR) is 115 cm³/mol. The number of ether oxygens (including phenoxy) is 1.